The SMILES string of the molecule is CCCCCC/C=C\COC(=O)CCCN(CCCC(=O)OC(CCCCCCC)CCCCCCC)C(=O)SCCN(C)C.CCCCCC/C=C\COC(=O)CCCN(CCCC(=O)OC(CCCCCCCC)CCCCCCCC)C(=O)SCCCN(CC)CC.CCCCCCCC(CCCCCCC)OC(=O)CCCN(CCCC(=O)OC(CCCCCCC)CCCCCCC)C(=O)SCCCN(CC)CC. The zero-order chi connectivity index (χ0) is 110. The highest BCUT2D eigenvalue weighted by molar-refractivity contribution is 8.14. The normalized spacial score (nSPS) is 11.6. The van der Waals surface area contributed by atoms with E-state index < -0.39 is 0 Å². The van der Waals surface area contributed by atoms with Gasteiger partial charge in [0, 0.05) is 102 Å². The van der Waals surface area contributed by atoms with Crippen molar-refractivity contribution in [3.05, 3.63) is 24.3 Å². The Kier molecular flexibility index (Phi) is 117. The molecule has 878 valence electrons. The molecular formula is C125H240N6O15S3. The van der Waals surface area contributed by atoms with Gasteiger partial charge in [-0.25, -0.2) is 0 Å². The van der Waals surface area contributed by atoms with E-state index in [9.17, 15) is 43.2 Å². The van der Waals surface area contributed by atoms with Crippen LogP contribution in [-0.4, -0.2) is 235 Å². The Morgan fingerprint density at radius 1 is 0.208 bits per heavy atom. The smallest absolute Gasteiger partial charge is 0.306 e. The van der Waals surface area contributed by atoms with Crippen LogP contribution in [-0.2, 0) is 57.2 Å². The number of hydrogen-bond donors (Lipinski definition) is 0. The number of carbonyl (C=O) groups excluding carboxylic acids is 9. The molecule has 0 aromatic carbocycles. The fourth-order valence-corrected chi connectivity index (χ4v) is 20.9. The van der Waals surface area contributed by atoms with Crippen LogP contribution in [0.25, 0.3) is 0 Å². The first kappa shape index (κ1) is 149. The van der Waals surface area contributed by atoms with Crippen LogP contribution < -0.4 is 0 Å². The Morgan fingerprint density at radius 3 is 0.611 bits per heavy atom. The third-order valence-corrected chi connectivity index (χ3v) is 31.0. The molecule has 0 aliphatic rings. The number of hydrogen-bond acceptors (Lipinski definition) is 21. The third-order valence-electron chi connectivity index (χ3n) is 28.1. The molecule has 3 amide bonds. The number of rotatable bonds is 107. The van der Waals surface area contributed by atoms with Gasteiger partial charge in [0.1, 0.15) is 37.6 Å². The fraction of sp³-hybridized carbons (Fsp3) is 0.896. The monoisotopic (exact) mass is 2160 g/mol. The van der Waals surface area contributed by atoms with Gasteiger partial charge in [0.25, 0.3) is 15.7 Å². The van der Waals surface area contributed by atoms with E-state index in [0.29, 0.717) is 122 Å². The van der Waals surface area contributed by atoms with Crippen LogP contribution in [0.3, 0.4) is 0 Å². The summed E-state index contributed by atoms with van der Waals surface area (Å²) in [5.41, 5.74) is 0. The molecule has 149 heavy (non-hydrogen) atoms. The topological polar surface area (TPSA) is 228 Å². The Hall–Kier alpha value is -4.36. The van der Waals surface area contributed by atoms with E-state index in [4.69, 9.17) is 28.4 Å². The molecule has 0 aliphatic carbocycles. The van der Waals surface area contributed by atoms with Crippen molar-refractivity contribution in [1.29, 1.82) is 0 Å². The average Bonchev–Trinajstić information content (AvgIpc) is 0.937. The molecule has 0 atom stereocenters. The summed E-state index contributed by atoms with van der Waals surface area (Å²) in [4.78, 5) is 129. The molecule has 0 saturated heterocycles. The molecule has 0 bridgehead atoms. The number of allylic oxidation sites excluding steroid dienone is 2. The van der Waals surface area contributed by atoms with Gasteiger partial charge in [-0.3, -0.25) is 43.2 Å². The number of esters is 6. The molecule has 0 unspecified atom stereocenters. The first-order valence-corrected chi connectivity index (χ1v) is 65.8. The fourth-order valence-electron chi connectivity index (χ4n) is 18.3. The van der Waals surface area contributed by atoms with E-state index in [2.05, 4.69) is 124 Å². The molecular weight excluding hydrogens is 1920 g/mol. The van der Waals surface area contributed by atoms with Crippen LogP contribution in [0.15, 0.2) is 24.3 Å². The highest BCUT2D eigenvalue weighted by atomic mass is 32.2. The van der Waals surface area contributed by atoms with Gasteiger partial charge in [-0.2, -0.15) is 0 Å². The maximum Gasteiger partial charge on any atom is 0.306 e. The Morgan fingerprint density at radius 2 is 0.403 bits per heavy atom. The first-order valence-electron chi connectivity index (χ1n) is 62.8. The summed E-state index contributed by atoms with van der Waals surface area (Å²) in [5, 5.41) is 0.0771. The lowest BCUT2D eigenvalue weighted by atomic mass is 10.0. The third kappa shape index (κ3) is 105. The lowest BCUT2D eigenvalue weighted by Crippen LogP contribution is -2.31. The van der Waals surface area contributed by atoms with Crippen LogP contribution in [0, 0.1) is 0 Å². The van der Waals surface area contributed by atoms with E-state index in [-0.39, 0.29) is 88.8 Å². The highest BCUT2D eigenvalue weighted by Gasteiger charge is 2.25. The number of nitrogens with zero attached hydrogens (tertiary/aromatic N) is 6. The molecule has 24 heteroatoms. The van der Waals surface area contributed by atoms with Crippen molar-refractivity contribution in [2.75, 3.05) is 130 Å². The lowest BCUT2D eigenvalue weighted by molar-refractivity contribution is -0.151. The lowest BCUT2D eigenvalue weighted by Gasteiger charge is -2.23. The Balaban J connectivity index is -0.00000215. The van der Waals surface area contributed by atoms with E-state index in [1.807, 2.05) is 36.0 Å². The van der Waals surface area contributed by atoms with Crippen molar-refractivity contribution in [2.45, 2.75) is 596 Å². The molecule has 0 spiro atoms. The van der Waals surface area contributed by atoms with Crippen LogP contribution in [0.1, 0.15) is 572 Å². The predicted octanol–water partition coefficient (Wildman–Crippen LogP) is 35.6. The minimum absolute atomic E-state index is 0.000799. The number of thioether (sulfide) groups is 3. The Bertz CT molecular complexity index is 2930. The van der Waals surface area contributed by atoms with Crippen molar-refractivity contribution < 1.29 is 71.6 Å². The van der Waals surface area contributed by atoms with Crippen LogP contribution in [0.4, 0.5) is 14.4 Å². The molecule has 0 heterocycles. The van der Waals surface area contributed by atoms with E-state index in [1.165, 1.54) is 305 Å². The van der Waals surface area contributed by atoms with Crippen LogP contribution in [0.5, 0.6) is 0 Å². The molecule has 0 aliphatic heterocycles. The van der Waals surface area contributed by atoms with E-state index in [0.717, 1.165) is 186 Å². The summed E-state index contributed by atoms with van der Waals surface area (Å²) in [6.45, 7) is 41.4. The minimum Gasteiger partial charge on any atom is -0.462 e. The molecule has 0 saturated carbocycles. The molecule has 0 rings (SSSR count). The molecule has 0 radical (unpaired) electrons. The summed E-state index contributed by atoms with van der Waals surface area (Å²) in [6.07, 6.45) is 85.8. The van der Waals surface area contributed by atoms with Gasteiger partial charge in [0.15, 0.2) is 0 Å². The summed E-state index contributed by atoms with van der Waals surface area (Å²) >= 11 is 4.03. The minimum atomic E-state index is -0.239. The van der Waals surface area contributed by atoms with Crippen molar-refractivity contribution in [2.24, 2.45) is 0 Å². The maximum atomic E-state index is 13.4. The van der Waals surface area contributed by atoms with E-state index in [1.54, 1.807) is 4.90 Å². The van der Waals surface area contributed by atoms with Crippen molar-refractivity contribution in [3.8, 4) is 0 Å². The van der Waals surface area contributed by atoms with Gasteiger partial charge in [-0.15, -0.1) is 0 Å². The van der Waals surface area contributed by atoms with Gasteiger partial charge in [0.2, 0.25) is 0 Å². The average molecular weight is 2160 g/mol. The van der Waals surface area contributed by atoms with Crippen molar-refractivity contribution in [3.63, 3.8) is 0 Å². The second kappa shape index (κ2) is 118. The number of unbranched alkanes of at least 4 members (excludes halogenated alkanes) is 42. The summed E-state index contributed by atoms with van der Waals surface area (Å²) in [5.74, 6) is 1.19. The second-order valence-electron chi connectivity index (χ2n) is 42.3. The zero-order valence-electron chi connectivity index (χ0n) is 100. The summed E-state index contributed by atoms with van der Waals surface area (Å²) in [6, 6.07) is 0. The number of amides is 3. The zero-order valence-corrected chi connectivity index (χ0v) is 103. The molecule has 21 nitrogen and oxygen atoms in total. The van der Waals surface area contributed by atoms with Crippen molar-refractivity contribution >= 4 is 86.8 Å². The van der Waals surface area contributed by atoms with Gasteiger partial charge in [-0.05, 0) is 233 Å². The van der Waals surface area contributed by atoms with Crippen LogP contribution >= 0.6 is 35.3 Å². The molecule has 0 fully saturated rings. The van der Waals surface area contributed by atoms with Gasteiger partial charge >= 0.3 is 35.8 Å². The van der Waals surface area contributed by atoms with Gasteiger partial charge < -0.3 is 57.8 Å². The second-order valence-corrected chi connectivity index (χ2v) is 45.4. The van der Waals surface area contributed by atoms with E-state index >= 15 is 0 Å². The molecule has 0 aromatic rings. The quantitative estimate of drug-likeness (QED) is 0.0238. The highest BCUT2D eigenvalue weighted by Crippen LogP contribution is 2.26. The first-order chi connectivity index (χ1) is 72.6. The maximum absolute atomic E-state index is 13.4. The van der Waals surface area contributed by atoms with Crippen molar-refractivity contribution in [1.82, 2.24) is 29.4 Å². The van der Waals surface area contributed by atoms with Crippen LogP contribution in [0.2, 0.25) is 0 Å². The predicted molar refractivity (Wildman–Crippen MR) is 641 cm³/mol. The van der Waals surface area contributed by atoms with Gasteiger partial charge in [-0.1, -0.05) is 413 Å². The molecule has 0 N–H and O–H groups in total. The molecule has 0 aromatic heterocycles. The number of ether oxygens (including phenoxy) is 6. The largest absolute Gasteiger partial charge is 0.462 e. The summed E-state index contributed by atoms with van der Waals surface area (Å²) < 4.78 is 34.9. The number of carbonyl (C=O) groups is 9. The summed E-state index contributed by atoms with van der Waals surface area (Å²) in [7, 11) is 3.98. The van der Waals surface area contributed by atoms with Gasteiger partial charge in [0.05, 0.1) is 0 Å². The Labute approximate surface area is 932 Å². The standard InChI is InChI=1S/C46H90N2O5S.C42H80N2O5S.C37H70N2O5S/c1-7-13-17-21-25-32-42(33-26-22-18-14-8-2)52-44(49)36-29-39-48(46(51)54-41-31-38-47(11-5)12-6)40-30-37-45(50)53-43(34-27-23-19-15-9-3)35-28-24-20-16-10-4;1-6-11-14-17-20-23-26-37-48-40(45)32-27-35-44(42(47)50-38-29-34-43(9-4)10-5)36-28-33-41(46)49-39(30-24-21-18-15-12-7-2)31-25-22-19-16-13-8-3;1-6-9-12-15-16-19-22-32-43-35(40)27-23-29-39(37(42)45-33-31-38(4)5)30-24-28-36(41)44-34(25-20-17-13-10-7-2)26-21-18-14-11-8-3/h42-43H,7-41H2,1-6H3;23,26,39H,6-22,24-25,27-38H2,1-5H3;19,22,34H,6-18,20-21,23-33H2,1-5H3/b;26-23-;22-19-.